The Morgan fingerprint density at radius 1 is 1.12 bits per heavy atom. The number of aromatic nitrogens is 3. The molecule has 6 heteroatoms. The third kappa shape index (κ3) is 3.49. The van der Waals surface area contributed by atoms with Crippen LogP contribution in [0.4, 0.5) is 17.5 Å². The molecule has 1 aliphatic heterocycles. The standard InChI is InChI=1S/C19H18BrN5/c1-13-10-16(6-7-17(13)20)22-18-11-21-24-19(23-18)25-9-8-14-4-2-3-5-15(14)12-25/h2-7,10-11H,8-9,12H2,1H3,(H,22,23,24). The summed E-state index contributed by atoms with van der Waals surface area (Å²) in [5.74, 6) is 1.36. The third-order valence-electron chi connectivity index (χ3n) is 4.39. The van der Waals surface area contributed by atoms with Crippen molar-refractivity contribution in [1.82, 2.24) is 15.2 Å². The molecule has 0 atom stereocenters. The topological polar surface area (TPSA) is 53.9 Å². The molecule has 0 saturated heterocycles. The maximum atomic E-state index is 4.65. The first-order valence-corrected chi connectivity index (χ1v) is 9.03. The molecule has 0 radical (unpaired) electrons. The summed E-state index contributed by atoms with van der Waals surface area (Å²) in [7, 11) is 0. The van der Waals surface area contributed by atoms with E-state index in [4.69, 9.17) is 0 Å². The van der Waals surface area contributed by atoms with Crippen molar-refractivity contribution in [3.8, 4) is 0 Å². The lowest BCUT2D eigenvalue weighted by molar-refractivity contribution is 0.698. The van der Waals surface area contributed by atoms with Crippen LogP contribution in [0.1, 0.15) is 16.7 Å². The van der Waals surface area contributed by atoms with Gasteiger partial charge < -0.3 is 10.2 Å². The Labute approximate surface area is 155 Å². The fraction of sp³-hybridized carbons (Fsp3) is 0.211. The Morgan fingerprint density at radius 3 is 2.80 bits per heavy atom. The van der Waals surface area contributed by atoms with Crippen molar-refractivity contribution in [3.63, 3.8) is 0 Å². The summed E-state index contributed by atoms with van der Waals surface area (Å²) in [6.45, 7) is 3.78. The maximum absolute atomic E-state index is 4.65. The van der Waals surface area contributed by atoms with E-state index in [0.29, 0.717) is 11.8 Å². The Morgan fingerprint density at radius 2 is 1.96 bits per heavy atom. The van der Waals surface area contributed by atoms with Crippen LogP contribution in [-0.4, -0.2) is 21.7 Å². The molecular weight excluding hydrogens is 378 g/mol. The van der Waals surface area contributed by atoms with Crippen molar-refractivity contribution < 1.29 is 0 Å². The summed E-state index contributed by atoms with van der Waals surface area (Å²) in [6, 6.07) is 14.6. The molecule has 0 bridgehead atoms. The highest BCUT2D eigenvalue weighted by atomic mass is 79.9. The van der Waals surface area contributed by atoms with Gasteiger partial charge in [0.2, 0.25) is 5.95 Å². The zero-order valence-corrected chi connectivity index (χ0v) is 15.5. The molecule has 0 fully saturated rings. The molecule has 2 heterocycles. The largest absolute Gasteiger partial charge is 0.339 e. The number of nitrogens with zero attached hydrogens (tertiary/aromatic N) is 4. The molecule has 0 saturated carbocycles. The highest BCUT2D eigenvalue weighted by Gasteiger charge is 2.18. The molecule has 2 aromatic carbocycles. The van der Waals surface area contributed by atoms with Gasteiger partial charge in [-0.1, -0.05) is 40.2 Å². The zero-order valence-electron chi connectivity index (χ0n) is 13.9. The minimum atomic E-state index is 0.660. The van der Waals surface area contributed by atoms with Crippen LogP contribution in [0.5, 0.6) is 0 Å². The van der Waals surface area contributed by atoms with Crippen LogP contribution in [0.3, 0.4) is 0 Å². The van der Waals surface area contributed by atoms with Gasteiger partial charge in [-0.25, -0.2) is 0 Å². The number of anilines is 3. The van der Waals surface area contributed by atoms with E-state index in [9.17, 15) is 0 Å². The molecule has 25 heavy (non-hydrogen) atoms. The number of halogens is 1. The Bertz CT molecular complexity index is 912. The van der Waals surface area contributed by atoms with Crippen LogP contribution in [0, 0.1) is 6.92 Å². The van der Waals surface area contributed by atoms with Gasteiger partial charge in [0.1, 0.15) is 0 Å². The van der Waals surface area contributed by atoms with Crippen LogP contribution >= 0.6 is 15.9 Å². The monoisotopic (exact) mass is 395 g/mol. The SMILES string of the molecule is Cc1cc(Nc2cnnc(N3CCc4ccccc4C3)n2)ccc1Br. The molecule has 1 aromatic heterocycles. The second-order valence-electron chi connectivity index (χ2n) is 6.17. The van der Waals surface area contributed by atoms with Crippen molar-refractivity contribution in [2.24, 2.45) is 0 Å². The molecule has 0 amide bonds. The predicted octanol–water partition coefficient (Wildman–Crippen LogP) is 4.25. The van der Waals surface area contributed by atoms with Crippen molar-refractivity contribution in [2.75, 3.05) is 16.8 Å². The zero-order chi connectivity index (χ0) is 17.2. The molecule has 0 unspecified atom stereocenters. The van der Waals surface area contributed by atoms with E-state index in [0.717, 1.165) is 29.7 Å². The molecule has 3 aromatic rings. The summed E-state index contributed by atoms with van der Waals surface area (Å²) in [6.07, 6.45) is 2.65. The summed E-state index contributed by atoms with van der Waals surface area (Å²) >= 11 is 3.52. The van der Waals surface area contributed by atoms with Crippen LogP contribution in [0.15, 0.2) is 53.1 Å². The van der Waals surface area contributed by atoms with Gasteiger partial charge in [0, 0.05) is 23.2 Å². The quantitative estimate of drug-likeness (QED) is 0.718. The number of hydrogen-bond acceptors (Lipinski definition) is 5. The summed E-state index contributed by atoms with van der Waals surface area (Å²) < 4.78 is 1.09. The first kappa shape index (κ1) is 16.0. The number of hydrogen-bond donors (Lipinski definition) is 1. The van der Waals surface area contributed by atoms with Gasteiger partial charge in [-0.2, -0.15) is 10.1 Å². The Balaban J connectivity index is 1.55. The van der Waals surface area contributed by atoms with E-state index in [1.54, 1.807) is 6.20 Å². The lowest BCUT2D eigenvalue weighted by Crippen LogP contribution is -2.32. The van der Waals surface area contributed by atoms with Crippen LogP contribution in [-0.2, 0) is 13.0 Å². The summed E-state index contributed by atoms with van der Waals surface area (Å²) in [4.78, 5) is 6.82. The molecular formula is C19H18BrN5. The van der Waals surface area contributed by atoms with E-state index in [1.807, 2.05) is 12.1 Å². The minimum Gasteiger partial charge on any atom is -0.339 e. The summed E-state index contributed by atoms with van der Waals surface area (Å²) in [5, 5.41) is 11.7. The van der Waals surface area contributed by atoms with E-state index in [-0.39, 0.29) is 0 Å². The molecule has 4 rings (SSSR count). The van der Waals surface area contributed by atoms with E-state index < -0.39 is 0 Å². The second kappa shape index (κ2) is 6.80. The Kier molecular flexibility index (Phi) is 4.36. The number of benzene rings is 2. The first-order valence-electron chi connectivity index (χ1n) is 8.24. The van der Waals surface area contributed by atoms with Crippen molar-refractivity contribution in [1.29, 1.82) is 0 Å². The number of fused-ring (bicyclic) bond motifs is 1. The van der Waals surface area contributed by atoms with Gasteiger partial charge in [-0.15, -0.1) is 5.10 Å². The lowest BCUT2D eigenvalue weighted by atomic mass is 10.0. The Hall–Kier alpha value is -2.47. The highest BCUT2D eigenvalue weighted by Crippen LogP contribution is 2.24. The van der Waals surface area contributed by atoms with Crippen LogP contribution in [0.2, 0.25) is 0 Å². The molecule has 0 aliphatic carbocycles. The normalized spacial score (nSPS) is 13.4. The van der Waals surface area contributed by atoms with E-state index in [2.05, 4.69) is 78.6 Å². The summed E-state index contributed by atoms with van der Waals surface area (Å²) in [5.41, 5.74) is 4.89. The third-order valence-corrected chi connectivity index (χ3v) is 5.28. The van der Waals surface area contributed by atoms with E-state index >= 15 is 0 Å². The van der Waals surface area contributed by atoms with Gasteiger partial charge in [0.25, 0.3) is 0 Å². The maximum Gasteiger partial charge on any atom is 0.247 e. The average Bonchev–Trinajstić information content (AvgIpc) is 2.65. The van der Waals surface area contributed by atoms with Crippen LogP contribution in [0.25, 0.3) is 0 Å². The van der Waals surface area contributed by atoms with Crippen molar-refractivity contribution in [3.05, 3.63) is 69.8 Å². The molecule has 5 nitrogen and oxygen atoms in total. The average molecular weight is 396 g/mol. The predicted molar refractivity (Wildman–Crippen MR) is 103 cm³/mol. The number of aryl methyl sites for hydroxylation is 1. The van der Waals surface area contributed by atoms with Gasteiger partial charge in [0.15, 0.2) is 5.82 Å². The lowest BCUT2D eigenvalue weighted by Gasteiger charge is -2.28. The fourth-order valence-corrected chi connectivity index (χ4v) is 3.27. The second-order valence-corrected chi connectivity index (χ2v) is 7.03. The van der Waals surface area contributed by atoms with Gasteiger partial charge in [-0.05, 0) is 48.2 Å². The van der Waals surface area contributed by atoms with Gasteiger partial charge >= 0.3 is 0 Å². The number of rotatable bonds is 3. The highest BCUT2D eigenvalue weighted by molar-refractivity contribution is 9.10. The van der Waals surface area contributed by atoms with Crippen molar-refractivity contribution in [2.45, 2.75) is 19.9 Å². The van der Waals surface area contributed by atoms with Crippen molar-refractivity contribution >= 4 is 33.4 Å². The molecule has 1 aliphatic rings. The smallest absolute Gasteiger partial charge is 0.247 e. The minimum absolute atomic E-state index is 0.660. The molecule has 0 spiro atoms. The molecule has 126 valence electrons. The number of nitrogens with one attached hydrogen (secondary N) is 1. The van der Waals surface area contributed by atoms with Gasteiger partial charge in [0.05, 0.1) is 6.20 Å². The molecule has 1 N–H and O–H groups in total. The fourth-order valence-electron chi connectivity index (χ4n) is 3.03. The van der Waals surface area contributed by atoms with Crippen LogP contribution < -0.4 is 10.2 Å². The first-order chi connectivity index (χ1) is 12.2. The van der Waals surface area contributed by atoms with Gasteiger partial charge in [-0.3, -0.25) is 0 Å². The van der Waals surface area contributed by atoms with E-state index in [1.165, 1.54) is 16.7 Å².